The molecule has 61 heavy (non-hydrogen) atoms. The van der Waals surface area contributed by atoms with Crippen molar-refractivity contribution >= 4 is 21.8 Å². The number of hydrogen-bond acceptors (Lipinski definition) is 3. The molecule has 0 fully saturated rings. The van der Waals surface area contributed by atoms with Gasteiger partial charge in [-0.1, -0.05) is 126 Å². The van der Waals surface area contributed by atoms with Gasteiger partial charge in [0, 0.05) is 39.1 Å². The first-order chi connectivity index (χ1) is 29.7. The van der Waals surface area contributed by atoms with Crippen LogP contribution in [0.4, 0.5) is 8.78 Å². The number of nitrogens with zero attached hydrogens (tertiary/aromatic N) is 4. The normalized spacial score (nSPS) is 11.4. The van der Waals surface area contributed by atoms with E-state index in [1.807, 2.05) is 78.9 Å². The number of aryl methyl sites for hydroxylation is 4. The predicted octanol–water partition coefficient (Wildman–Crippen LogP) is 14.5. The largest absolute Gasteiger partial charge is 0.308 e. The second-order valence-corrected chi connectivity index (χ2v) is 15.8. The van der Waals surface area contributed by atoms with Crippen LogP contribution in [-0.4, -0.2) is 19.5 Å². The Morgan fingerprint density at radius 2 is 0.852 bits per heavy atom. The van der Waals surface area contributed by atoms with Crippen LogP contribution in [0.2, 0.25) is 0 Å². The average Bonchev–Trinajstić information content (AvgIpc) is 3.59. The van der Waals surface area contributed by atoms with Gasteiger partial charge in [-0.3, -0.25) is 0 Å². The lowest BCUT2D eigenvalue weighted by atomic mass is 9.95. The maximum Gasteiger partial charge on any atom is 0.166 e. The van der Waals surface area contributed by atoms with Crippen molar-refractivity contribution < 1.29 is 8.78 Å². The number of hydrogen-bond donors (Lipinski definition) is 0. The first-order valence-electron chi connectivity index (χ1n) is 20.4. The van der Waals surface area contributed by atoms with Crippen LogP contribution in [0.25, 0.3) is 95.0 Å². The Kier molecular flexibility index (Phi) is 9.41. The van der Waals surface area contributed by atoms with Gasteiger partial charge in [-0.2, -0.15) is 0 Å². The van der Waals surface area contributed by atoms with E-state index in [0.717, 1.165) is 55.8 Å². The fourth-order valence-electron chi connectivity index (χ4n) is 8.62. The summed E-state index contributed by atoms with van der Waals surface area (Å²) < 4.78 is 32.1. The minimum atomic E-state index is -0.654. The van der Waals surface area contributed by atoms with Gasteiger partial charge in [0.05, 0.1) is 16.7 Å². The number of aromatic nitrogens is 4. The Morgan fingerprint density at radius 3 is 1.36 bits per heavy atom. The lowest BCUT2D eigenvalue weighted by Gasteiger charge is -2.17. The zero-order valence-electron chi connectivity index (χ0n) is 34.2. The van der Waals surface area contributed by atoms with Crippen LogP contribution in [0.3, 0.4) is 0 Å². The number of halogens is 2. The number of benzene rings is 8. The van der Waals surface area contributed by atoms with Gasteiger partial charge in [0.2, 0.25) is 0 Å². The molecule has 10 aromatic rings. The molecule has 0 saturated heterocycles. The van der Waals surface area contributed by atoms with E-state index in [2.05, 4.69) is 105 Å². The van der Waals surface area contributed by atoms with Gasteiger partial charge in [0.25, 0.3) is 0 Å². The summed E-state index contributed by atoms with van der Waals surface area (Å²) in [5.74, 6) is 0.139. The maximum atomic E-state index is 15.6. The third-order valence-electron chi connectivity index (χ3n) is 11.6. The van der Waals surface area contributed by atoms with E-state index in [9.17, 15) is 4.39 Å². The molecule has 0 atom stereocenters. The van der Waals surface area contributed by atoms with Crippen molar-refractivity contribution in [2.24, 2.45) is 0 Å². The third kappa shape index (κ3) is 6.96. The zero-order chi connectivity index (χ0) is 41.8. The van der Waals surface area contributed by atoms with Crippen LogP contribution in [0.1, 0.15) is 22.3 Å². The van der Waals surface area contributed by atoms with Crippen LogP contribution in [0, 0.1) is 39.3 Å². The van der Waals surface area contributed by atoms with Gasteiger partial charge in [-0.15, -0.1) is 0 Å². The van der Waals surface area contributed by atoms with Gasteiger partial charge in [-0.25, -0.2) is 23.7 Å². The first kappa shape index (κ1) is 37.7. The van der Waals surface area contributed by atoms with E-state index in [1.54, 1.807) is 0 Å². The zero-order valence-corrected chi connectivity index (χ0v) is 34.2. The number of rotatable bonds is 7. The van der Waals surface area contributed by atoms with Gasteiger partial charge in [-0.05, 0) is 115 Å². The number of fused-ring (bicyclic) bond motifs is 3. The molecule has 0 aliphatic rings. The molecule has 294 valence electrons. The minimum absolute atomic E-state index is 0.272. The molecule has 0 saturated carbocycles. The molecule has 0 radical (unpaired) electrons. The lowest BCUT2D eigenvalue weighted by molar-refractivity contribution is 0.585. The van der Waals surface area contributed by atoms with E-state index >= 15 is 4.39 Å². The third-order valence-corrected chi connectivity index (χ3v) is 11.6. The Labute approximate surface area is 353 Å². The van der Waals surface area contributed by atoms with Crippen molar-refractivity contribution in [3.05, 3.63) is 204 Å². The highest BCUT2D eigenvalue weighted by Crippen LogP contribution is 2.42. The second kappa shape index (κ2) is 15.2. The van der Waals surface area contributed by atoms with Crippen LogP contribution >= 0.6 is 0 Å². The smallest absolute Gasteiger partial charge is 0.166 e. The fraction of sp³-hybridized carbons (Fsp3) is 0.0727. The SMILES string of the molecule is Cc1ccc(-c2ccc3c(c2)c2cc(-c4ccc(C)cc4C)ccc2n3-c2ccc(-c3ccc(F)cc3F)cc2-c2nc(-c3ccccc3)nc(-c3ccccc3)n2)c(C)c1. The topological polar surface area (TPSA) is 43.6 Å². The summed E-state index contributed by atoms with van der Waals surface area (Å²) in [4.78, 5) is 15.3. The Balaban J connectivity index is 1.28. The fourth-order valence-corrected chi connectivity index (χ4v) is 8.62. The van der Waals surface area contributed by atoms with Crippen molar-refractivity contribution in [3.63, 3.8) is 0 Å². The summed E-state index contributed by atoms with van der Waals surface area (Å²) in [6, 6.07) is 55.7. The van der Waals surface area contributed by atoms with Crippen molar-refractivity contribution in [1.29, 1.82) is 0 Å². The van der Waals surface area contributed by atoms with Crippen LogP contribution in [0.5, 0.6) is 0 Å². The standard InChI is InChI=1S/C55H40F2N4/c1-33-15-21-43(35(3)27-33)39-17-24-50-46(29-39)47-30-40(44-22-16-34(2)28-36(44)4)18-25-51(47)61(50)52-26-19-41(45-23-20-42(56)32-49(45)57)31-48(52)55-59-53(37-11-7-5-8-12-37)58-54(60-55)38-13-9-6-10-14-38/h5-32H,1-4H3. The molecule has 0 spiro atoms. The molecule has 6 heteroatoms. The van der Waals surface area contributed by atoms with E-state index in [0.29, 0.717) is 28.6 Å². The highest BCUT2D eigenvalue weighted by atomic mass is 19.1. The second-order valence-electron chi connectivity index (χ2n) is 15.8. The van der Waals surface area contributed by atoms with E-state index in [-0.39, 0.29) is 5.56 Å². The molecule has 0 aliphatic heterocycles. The van der Waals surface area contributed by atoms with Gasteiger partial charge < -0.3 is 4.57 Å². The summed E-state index contributed by atoms with van der Waals surface area (Å²) in [5.41, 5.74) is 15.4. The first-order valence-corrected chi connectivity index (χ1v) is 20.4. The van der Waals surface area contributed by atoms with Crippen LogP contribution in [0.15, 0.2) is 170 Å². The van der Waals surface area contributed by atoms with Crippen molar-refractivity contribution in [2.75, 3.05) is 0 Å². The lowest BCUT2D eigenvalue weighted by Crippen LogP contribution is -2.04. The quantitative estimate of drug-likeness (QED) is 0.161. The molecule has 0 amide bonds. The van der Waals surface area contributed by atoms with E-state index in [4.69, 9.17) is 15.0 Å². The Hall–Kier alpha value is -7.57. The van der Waals surface area contributed by atoms with Gasteiger partial charge >= 0.3 is 0 Å². The van der Waals surface area contributed by atoms with Gasteiger partial charge in [0.1, 0.15) is 11.6 Å². The van der Waals surface area contributed by atoms with E-state index in [1.165, 1.54) is 45.5 Å². The monoisotopic (exact) mass is 794 g/mol. The summed E-state index contributed by atoms with van der Waals surface area (Å²) in [6.45, 7) is 8.56. The highest BCUT2D eigenvalue weighted by molar-refractivity contribution is 6.12. The molecule has 10 rings (SSSR count). The summed E-state index contributed by atoms with van der Waals surface area (Å²) >= 11 is 0. The van der Waals surface area contributed by atoms with Crippen molar-refractivity contribution in [3.8, 4) is 73.2 Å². The van der Waals surface area contributed by atoms with E-state index < -0.39 is 11.6 Å². The molecule has 0 aliphatic carbocycles. The van der Waals surface area contributed by atoms with Crippen molar-refractivity contribution in [2.45, 2.75) is 27.7 Å². The van der Waals surface area contributed by atoms with Crippen LogP contribution in [-0.2, 0) is 0 Å². The molecule has 0 bridgehead atoms. The van der Waals surface area contributed by atoms with Crippen LogP contribution < -0.4 is 0 Å². The summed E-state index contributed by atoms with van der Waals surface area (Å²) in [7, 11) is 0. The summed E-state index contributed by atoms with van der Waals surface area (Å²) in [5, 5.41) is 2.17. The Morgan fingerprint density at radius 1 is 0.377 bits per heavy atom. The highest BCUT2D eigenvalue weighted by Gasteiger charge is 2.22. The van der Waals surface area contributed by atoms with Crippen molar-refractivity contribution in [1.82, 2.24) is 19.5 Å². The Bertz CT molecular complexity index is 3150. The minimum Gasteiger partial charge on any atom is -0.308 e. The average molecular weight is 795 g/mol. The molecule has 4 nitrogen and oxygen atoms in total. The molecule has 0 N–H and O–H groups in total. The molecule has 8 aromatic carbocycles. The molecular formula is C55H40F2N4. The molecular weight excluding hydrogens is 755 g/mol. The summed E-state index contributed by atoms with van der Waals surface area (Å²) in [6.07, 6.45) is 0. The molecule has 2 heterocycles. The molecule has 0 unspecified atom stereocenters. The predicted molar refractivity (Wildman–Crippen MR) is 246 cm³/mol. The maximum absolute atomic E-state index is 15.6. The van der Waals surface area contributed by atoms with Gasteiger partial charge in [0.15, 0.2) is 17.5 Å². The molecule has 2 aromatic heterocycles.